The van der Waals surface area contributed by atoms with Gasteiger partial charge in [0.1, 0.15) is 0 Å². The second kappa shape index (κ2) is 8.24. The van der Waals surface area contributed by atoms with E-state index >= 15 is 0 Å². The molecule has 1 amide bonds. The summed E-state index contributed by atoms with van der Waals surface area (Å²) >= 11 is 0. The van der Waals surface area contributed by atoms with E-state index in [1.807, 2.05) is 0 Å². The van der Waals surface area contributed by atoms with Crippen LogP contribution < -0.4 is 25.4 Å². The van der Waals surface area contributed by atoms with Gasteiger partial charge in [0.05, 0.1) is 33.2 Å². The van der Waals surface area contributed by atoms with Gasteiger partial charge < -0.3 is 19.9 Å². The molecule has 0 unspecified atom stereocenters. The van der Waals surface area contributed by atoms with E-state index in [0.29, 0.717) is 28.5 Å². The molecule has 13 heteroatoms. The number of benzene rings is 1. The smallest absolute Gasteiger partial charge is 0.292 e. The van der Waals surface area contributed by atoms with Crippen LogP contribution in [0.4, 0.5) is 5.82 Å². The molecule has 0 fully saturated rings. The summed E-state index contributed by atoms with van der Waals surface area (Å²) in [6, 6.07) is 3.35. The van der Waals surface area contributed by atoms with Crippen LogP contribution in [0.2, 0.25) is 0 Å². The number of nitrogens with one attached hydrogen (secondary N) is 1. The number of nitrogens with two attached hydrogens (primary N) is 1. The topological polar surface area (TPSA) is 165 Å². The molecule has 3 aromatic rings. The van der Waals surface area contributed by atoms with Gasteiger partial charge in [-0.15, -0.1) is 5.10 Å². The molecule has 0 saturated heterocycles. The van der Waals surface area contributed by atoms with E-state index in [9.17, 15) is 4.79 Å². The van der Waals surface area contributed by atoms with Crippen LogP contribution in [0.1, 0.15) is 21.7 Å². The predicted molar refractivity (Wildman–Crippen MR) is 99.5 cm³/mol. The van der Waals surface area contributed by atoms with Crippen LogP contribution in [0.25, 0.3) is 5.82 Å². The van der Waals surface area contributed by atoms with Crippen LogP contribution in [-0.2, 0) is 0 Å². The quantitative estimate of drug-likeness (QED) is 0.415. The molecule has 1 aromatic carbocycles. The number of nitrogen functional groups attached to an aromatic ring is 1. The Morgan fingerprint density at radius 1 is 1.21 bits per heavy atom. The Labute approximate surface area is 164 Å². The molecule has 0 spiro atoms. The maximum absolute atomic E-state index is 12.6. The first-order valence-electron chi connectivity index (χ1n) is 8.14. The second-order valence-electron chi connectivity index (χ2n) is 5.57. The first kappa shape index (κ1) is 19.6. The fourth-order valence-electron chi connectivity index (χ4n) is 2.50. The number of anilines is 1. The molecule has 0 aliphatic heterocycles. The summed E-state index contributed by atoms with van der Waals surface area (Å²) in [6.45, 7) is 1.60. The zero-order valence-corrected chi connectivity index (χ0v) is 16.0. The summed E-state index contributed by atoms with van der Waals surface area (Å²) < 4.78 is 21.5. The average molecular weight is 402 g/mol. The number of hydrazone groups is 1. The standard InChI is InChI=1S/C16H18N8O5/c1-8-12(24(23-19-8)15-14(17)21-29-22-15)16(25)20-18-7-9-5-10(26-2)13(28-4)11(6-9)27-3/h5-7H,1-4H3,(H2,17,21)(H,20,25)/b18-7+. The zero-order chi connectivity index (χ0) is 21.0. The van der Waals surface area contributed by atoms with E-state index < -0.39 is 5.91 Å². The number of ether oxygens (including phenoxy) is 3. The molecule has 152 valence electrons. The zero-order valence-electron chi connectivity index (χ0n) is 16.0. The third-order valence-corrected chi connectivity index (χ3v) is 3.82. The molecule has 0 aliphatic rings. The molecule has 0 atom stereocenters. The Hall–Kier alpha value is -4.16. The number of hydrogen-bond acceptors (Lipinski definition) is 11. The van der Waals surface area contributed by atoms with E-state index in [2.05, 4.69) is 35.8 Å². The molecule has 13 nitrogen and oxygen atoms in total. The van der Waals surface area contributed by atoms with Crippen LogP contribution in [-0.4, -0.2) is 58.8 Å². The van der Waals surface area contributed by atoms with Gasteiger partial charge in [0.25, 0.3) is 5.91 Å². The van der Waals surface area contributed by atoms with Gasteiger partial charge in [0.2, 0.25) is 17.4 Å². The number of nitrogens with zero attached hydrogens (tertiary/aromatic N) is 6. The van der Waals surface area contributed by atoms with Crippen molar-refractivity contribution in [1.82, 2.24) is 30.7 Å². The van der Waals surface area contributed by atoms with Crippen LogP contribution in [0, 0.1) is 6.92 Å². The summed E-state index contributed by atoms with van der Waals surface area (Å²) in [4.78, 5) is 12.6. The van der Waals surface area contributed by atoms with E-state index in [4.69, 9.17) is 19.9 Å². The van der Waals surface area contributed by atoms with Gasteiger partial charge >= 0.3 is 0 Å². The molecule has 3 N–H and O–H groups in total. The molecule has 0 bridgehead atoms. The van der Waals surface area contributed by atoms with Crippen molar-refractivity contribution in [3.8, 4) is 23.1 Å². The molecule has 3 rings (SSSR count). The maximum atomic E-state index is 12.6. The van der Waals surface area contributed by atoms with Crippen LogP contribution in [0.5, 0.6) is 17.2 Å². The summed E-state index contributed by atoms with van der Waals surface area (Å²) in [5.41, 5.74) is 9.07. The molecular weight excluding hydrogens is 384 g/mol. The lowest BCUT2D eigenvalue weighted by Crippen LogP contribution is -2.22. The van der Waals surface area contributed by atoms with Gasteiger partial charge in [-0.2, -0.15) is 9.78 Å². The van der Waals surface area contributed by atoms with Crippen LogP contribution >= 0.6 is 0 Å². The molecule has 2 heterocycles. The molecule has 0 aliphatic carbocycles. The summed E-state index contributed by atoms with van der Waals surface area (Å²) in [6.07, 6.45) is 1.41. The Kier molecular flexibility index (Phi) is 5.57. The minimum atomic E-state index is -0.585. The fraction of sp³-hybridized carbons (Fsp3) is 0.250. The Morgan fingerprint density at radius 2 is 1.90 bits per heavy atom. The Bertz CT molecular complexity index is 1030. The molecule has 2 aromatic heterocycles. The SMILES string of the molecule is COc1cc(/C=N/NC(=O)c2c(C)nnn2-c2nonc2N)cc(OC)c1OC. The van der Waals surface area contributed by atoms with Crippen molar-refractivity contribution in [3.05, 3.63) is 29.1 Å². The Morgan fingerprint density at radius 3 is 2.45 bits per heavy atom. The first-order valence-corrected chi connectivity index (χ1v) is 8.14. The molecule has 29 heavy (non-hydrogen) atoms. The summed E-state index contributed by atoms with van der Waals surface area (Å²) in [5, 5.41) is 18.7. The van der Waals surface area contributed by atoms with Crippen molar-refractivity contribution in [2.24, 2.45) is 5.10 Å². The van der Waals surface area contributed by atoms with Crippen molar-refractivity contribution >= 4 is 17.9 Å². The van der Waals surface area contributed by atoms with E-state index in [1.165, 1.54) is 27.5 Å². The molecule has 0 saturated carbocycles. The van der Waals surface area contributed by atoms with Crippen molar-refractivity contribution in [2.45, 2.75) is 6.92 Å². The van der Waals surface area contributed by atoms with Crippen molar-refractivity contribution in [3.63, 3.8) is 0 Å². The van der Waals surface area contributed by atoms with Gasteiger partial charge in [0.15, 0.2) is 17.2 Å². The monoisotopic (exact) mass is 402 g/mol. The maximum Gasteiger partial charge on any atom is 0.292 e. The van der Waals surface area contributed by atoms with Gasteiger partial charge in [-0.05, 0) is 29.4 Å². The highest BCUT2D eigenvalue weighted by Crippen LogP contribution is 2.37. The number of carbonyl (C=O) groups excluding carboxylic acids is 1. The normalized spacial score (nSPS) is 10.9. The predicted octanol–water partition coefficient (Wildman–Crippen LogP) is 0.331. The lowest BCUT2D eigenvalue weighted by atomic mass is 10.2. The second-order valence-corrected chi connectivity index (χ2v) is 5.57. The number of aryl methyl sites for hydroxylation is 1. The van der Waals surface area contributed by atoms with Gasteiger partial charge in [-0.25, -0.2) is 10.1 Å². The highest BCUT2D eigenvalue weighted by atomic mass is 16.6. The number of methoxy groups -OCH3 is 3. The third-order valence-electron chi connectivity index (χ3n) is 3.82. The average Bonchev–Trinajstić information content (AvgIpc) is 3.31. The highest BCUT2D eigenvalue weighted by Gasteiger charge is 2.22. The number of rotatable bonds is 7. The van der Waals surface area contributed by atoms with Crippen molar-refractivity contribution in [1.29, 1.82) is 0 Å². The van der Waals surface area contributed by atoms with Crippen molar-refractivity contribution in [2.75, 3.05) is 27.1 Å². The molecule has 0 radical (unpaired) electrons. The van der Waals surface area contributed by atoms with Crippen molar-refractivity contribution < 1.29 is 23.6 Å². The van der Waals surface area contributed by atoms with Gasteiger partial charge in [-0.1, -0.05) is 5.21 Å². The number of amides is 1. The number of hydrogen-bond donors (Lipinski definition) is 2. The number of carbonyl (C=O) groups is 1. The highest BCUT2D eigenvalue weighted by molar-refractivity contribution is 5.95. The minimum absolute atomic E-state index is 0.0372. The van der Waals surface area contributed by atoms with Crippen LogP contribution in [0.15, 0.2) is 21.9 Å². The first-order chi connectivity index (χ1) is 14.0. The lowest BCUT2D eigenvalue weighted by Gasteiger charge is -2.12. The minimum Gasteiger partial charge on any atom is -0.493 e. The summed E-state index contributed by atoms with van der Waals surface area (Å²) in [5.74, 6) is 0.770. The fourth-order valence-corrected chi connectivity index (χ4v) is 2.50. The summed E-state index contributed by atoms with van der Waals surface area (Å²) in [7, 11) is 4.51. The third kappa shape index (κ3) is 3.78. The Balaban J connectivity index is 1.83. The van der Waals surface area contributed by atoms with E-state index in [1.54, 1.807) is 19.1 Å². The van der Waals surface area contributed by atoms with Gasteiger partial charge in [-0.3, -0.25) is 4.79 Å². The largest absolute Gasteiger partial charge is 0.493 e. The lowest BCUT2D eigenvalue weighted by molar-refractivity contribution is 0.0946. The number of aromatic nitrogens is 5. The van der Waals surface area contributed by atoms with E-state index in [-0.39, 0.29) is 17.3 Å². The van der Waals surface area contributed by atoms with E-state index in [0.717, 1.165) is 4.68 Å². The molecular formula is C16H18N8O5. The van der Waals surface area contributed by atoms with Crippen LogP contribution in [0.3, 0.4) is 0 Å². The van der Waals surface area contributed by atoms with Gasteiger partial charge in [0, 0.05) is 5.56 Å².